The van der Waals surface area contributed by atoms with Crippen molar-refractivity contribution in [2.24, 2.45) is 0 Å². The Balaban J connectivity index is 1.58. The maximum absolute atomic E-state index is 12.6. The van der Waals surface area contributed by atoms with E-state index in [-0.39, 0.29) is 11.9 Å². The fraction of sp³-hybridized carbons (Fsp3) is 0.211. The van der Waals surface area contributed by atoms with Gasteiger partial charge in [0, 0.05) is 16.8 Å². The van der Waals surface area contributed by atoms with Gasteiger partial charge in [-0.15, -0.1) is 11.3 Å². The Labute approximate surface area is 154 Å². The molecule has 0 aliphatic heterocycles. The van der Waals surface area contributed by atoms with Gasteiger partial charge >= 0.3 is 0 Å². The number of amides is 1. The van der Waals surface area contributed by atoms with Crippen LogP contribution in [0.25, 0.3) is 22.4 Å². The Kier molecular flexibility index (Phi) is 4.08. The van der Waals surface area contributed by atoms with Gasteiger partial charge in [0.05, 0.1) is 5.69 Å². The van der Waals surface area contributed by atoms with Crippen molar-refractivity contribution in [3.05, 3.63) is 53.2 Å². The molecule has 3 aromatic heterocycles. The number of furan rings is 1. The number of hydrogen-bond donors (Lipinski definition) is 1. The largest absolute Gasteiger partial charge is 0.454 e. The molecule has 0 aliphatic rings. The van der Waals surface area contributed by atoms with E-state index in [2.05, 4.69) is 15.4 Å². The second-order valence-corrected chi connectivity index (χ2v) is 7.21. The van der Waals surface area contributed by atoms with Gasteiger partial charge in [0.15, 0.2) is 10.9 Å². The van der Waals surface area contributed by atoms with Gasteiger partial charge in [0.2, 0.25) is 0 Å². The minimum Gasteiger partial charge on any atom is -0.454 e. The van der Waals surface area contributed by atoms with Crippen LogP contribution >= 0.6 is 11.3 Å². The molecule has 26 heavy (non-hydrogen) atoms. The molecule has 4 aromatic rings. The van der Waals surface area contributed by atoms with Crippen molar-refractivity contribution >= 4 is 33.3 Å². The molecule has 0 radical (unpaired) electrons. The van der Waals surface area contributed by atoms with Crippen LogP contribution in [-0.2, 0) is 0 Å². The highest BCUT2D eigenvalue weighted by Crippen LogP contribution is 2.30. The van der Waals surface area contributed by atoms with Gasteiger partial charge < -0.3 is 4.42 Å². The lowest BCUT2D eigenvalue weighted by Gasteiger charge is -2.09. The molecule has 0 spiro atoms. The zero-order chi connectivity index (χ0) is 18.3. The first-order valence-corrected chi connectivity index (χ1v) is 9.21. The molecule has 0 saturated carbocycles. The topological polar surface area (TPSA) is 73.0 Å². The summed E-state index contributed by atoms with van der Waals surface area (Å²) in [4.78, 5) is 17.1. The van der Waals surface area contributed by atoms with Crippen molar-refractivity contribution in [1.82, 2.24) is 14.8 Å². The number of benzene rings is 1. The first-order chi connectivity index (χ1) is 12.5. The van der Waals surface area contributed by atoms with Gasteiger partial charge in [0.1, 0.15) is 17.0 Å². The molecular formula is C19H18N4O2S. The van der Waals surface area contributed by atoms with Crippen molar-refractivity contribution < 1.29 is 9.21 Å². The molecule has 1 N–H and O–H groups in total. The molecule has 0 bridgehead atoms. The summed E-state index contributed by atoms with van der Waals surface area (Å²) in [5.74, 6) is 0.468. The first kappa shape index (κ1) is 16.5. The number of hydrogen-bond acceptors (Lipinski definition) is 5. The molecule has 1 amide bonds. The number of nitrogens with one attached hydrogen (secondary N) is 1. The molecular weight excluding hydrogens is 348 g/mol. The Bertz CT molecular complexity index is 1060. The molecule has 4 rings (SSSR count). The second kappa shape index (κ2) is 6.42. The van der Waals surface area contributed by atoms with Crippen LogP contribution in [-0.4, -0.2) is 20.7 Å². The molecule has 0 aliphatic carbocycles. The van der Waals surface area contributed by atoms with Crippen LogP contribution in [0.5, 0.6) is 0 Å². The number of aromatic nitrogens is 3. The number of rotatable bonds is 4. The standard InChI is InChI=1S/C19H18N4O2S/c1-11(2)23-15(8-12(3)22-23)18(24)21-19-20-14(10-26-19)17-9-13-6-4-5-7-16(13)25-17/h4-11H,1-3H3,(H,20,21,24). The van der Waals surface area contributed by atoms with Gasteiger partial charge in [-0.1, -0.05) is 18.2 Å². The summed E-state index contributed by atoms with van der Waals surface area (Å²) in [6.07, 6.45) is 0. The minimum absolute atomic E-state index is 0.104. The van der Waals surface area contributed by atoms with Crippen molar-refractivity contribution in [2.75, 3.05) is 5.32 Å². The lowest BCUT2D eigenvalue weighted by molar-refractivity contribution is 0.101. The molecule has 132 valence electrons. The molecule has 0 atom stereocenters. The third kappa shape index (κ3) is 3.01. The molecule has 6 nitrogen and oxygen atoms in total. The lowest BCUT2D eigenvalue weighted by atomic mass is 10.2. The highest BCUT2D eigenvalue weighted by molar-refractivity contribution is 7.14. The Morgan fingerprint density at radius 2 is 2.08 bits per heavy atom. The summed E-state index contributed by atoms with van der Waals surface area (Å²) in [6, 6.07) is 11.6. The maximum Gasteiger partial charge on any atom is 0.275 e. The van der Waals surface area contributed by atoms with Crippen molar-refractivity contribution in [1.29, 1.82) is 0 Å². The number of nitrogens with zero attached hydrogens (tertiary/aromatic N) is 3. The highest BCUT2D eigenvalue weighted by Gasteiger charge is 2.18. The van der Waals surface area contributed by atoms with Crippen molar-refractivity contribution in [3.8, 4) is 11.5 Å². The number of thiazole rings is 1. The van der Waals surface area contributed by atoms with Crippen LogP contribution < -0.4 is 5.32 Å². The van der Waals surface area contributed by atoms with E-state index in [4.69, 9.17) is 4.42 Å². The monoisotopic (exact) mass is 366 g/mol. The summed E-state index contributed by atoms with van der Waals surface area (Å²) in [7, 11) is 0. The summed E-state index contributed by atoms with van der Waals surface area (Å²) in [5.41, 5.74) is 2.86. The highest BCUT2D eigenvalue weighted by atomic mass is 32.1. The van der Waals surface area contributed by atoms with E-state index < -0.39 is 0 Å². The third-order valence-corrected chi connectivity index (χ3v) is 4.74. The number of carbonyl (C=O) groups excluding carboxylic acids is 1. The van der Waals surface area contributed by atoms with Crippen LogP contribution in [0.2, 0.25) is 0 Å². The van der Waals surface area contributed by atoms with Crippen LogP contribution in [0, 0.1) is 6.92 Å². The second-order valence-electron chi connectivity index (χ2n) is 6.35. The van der Waals surface area contributed by atoms with Crippen LogP contribution in [0.1, 0.15) is 36.1 Å². The molecule has 7 heteroatoms. The normalized spacial score (nSPS) is 11.4. The van der Waals surface area contributed by atoms with E-state index >= 15 is 0 Å². The van der Waals surface area contributed by atoms with E-state index in [1.807, 2.05) is 56.5 Å². The number of para-hydroxylation sites is 1. The van der Waals surface area contributed by atoms with Gasteiger partial charge in [-0.3, -0.25) is 14.8 Å². The van der Waals surface area contributed by atoms with E-state index in [9.17, 15) is 4.79 Å². The van der Waals surface area contributed by atoms with Crippen LogP contribution in [0.15, 0.2) is 46.2 Å². The van der Waals surface area contributed by atoms with Gasteiger partial charge in [-0.2, -0.15) is 5.10 Å². The summed E-state index contributed by atoms with van der Waals surface area (Å²) >= 11 is 1.37. The smallest absolute Gasteiger partial charge is 0.275 e. The average Bonchev–Trinajstić information content (AvgIpc) is 3.31. The SMILES string of the molecule is Cc1cc(C(=O)Nc2nc(-c3cc4ccccc4o3)cs2)n(C(C)C)n1. The molecule has 0 unspecified atom stereocenters. The molecule has 0 fully saturated rings. The average molecular weight is 366 g/mol. The molecule has 3 heterocycles. The Morgan fingerprint density at radius 1 is 1.27 bits per heavy atom. The Morgan fingerprint density at radius 3 is 2.85 bits per heavy atom. The van der Waals surface area contributed by atoms with Gasteiger partial charge in [-0.05, 0) is 39.0 Å². The zero-order valence-corrected chi connectivity index (χ0v) is 15.5. The summed E-state index contributed by atoms with van der Waals surface area (Å²) in [6.45, 7) is 5.86. The van der Waals surface area contributed by atoms with E-state index in [1.165, 1.54) is 11.3 Å². The van der Waals surface area contributed by atoms with Gasteiger partial charge in [-0.25, -0.2) is 4.98 Å². The zero-order valence-electron chi connectivity index (χ0n) is 14.7. The van der Waals surface area contributed by atoms with Crippen LogP contribution in [0.4, 0.5) is 5.13 Å². The van der Waals surface area contributed by atoms with Gasteiger partial charge in [0.25, 0.3) is 5.91 Å². The fourth-order valence-electron chi connectivity index (χ4n) is 2.79. The number of anilines is 1. The van der Waals surface area contributed by atoms with E-state index in [1.54, 1.807) is 10.7 Å². The number of aryl methyl sites for hydroxylation is 1. The quantitative estimate of drug-likeness (QED) is 0.558. The van der Waals surface area contributed by atoms with E-state index in [0.29, 0.717) is 22.3 Å². The number of carbonyl (C=O) groups is 1. The van der Waals surface area contributed by atoms with Crippen molar-refractivity contribution in [3.63, 3.8) is 0 Å². The molecule has 0 saturated heterocycles. The molecule has 1 aromatic carbocycles. The van der Waals surface area contributed by atoms with Crippen molar-refractivity contribution in [2.45, 2.75) is 26.8 Å². The lowest BCUT2D eigenvalue weighted by Crippen LogP contribution is -2.18. The maximum atomic E-state index is 12.6. The minimum atomic E-state index is -0.218. The predicted molar refractivity (Wildman–Crippen MR) is 103 cm³/mol. The first-order valence-electron chi connectivity index (χ1n) is 8.33. The summed E-state index contributed by atoms with van der Waals surface area (Å²) < 4.78 is 7.55. The Hall–Kier alpha value is -2.93. The summed E-state index contributed by atoms with van der Waals surface area (Å²) in [5, 5.41) is 10.7. The van der Waals surface area contributed by atoms with Crippen LogP contribution in [0.3, 0.4) is 0 Å². The van der Waals surface area contributed by atoms with E-state index in [0.717, 1.165) is 16.7 Å². The number of fused-ring (bicyclic) bond motifs is 1. The fourth-order valence-corrected chi connectivity index (χ4v) is 3.49. The predicted octanol–water partition coefficient (Wildman–Crippen LogP) is 4.89. The third-order valence-electron chi connectivity index (χ3n) is 3.98.